The zero-order valence-corrected chi connectivity index (χ0v) is 22.6. The molecule has 2 aromatic rings. The van der Waals surface area contributed by atoms with Gasteiger partial charge in [0.05, 0.1) is 0 Å². The van der Waals surface area contributed by atoms with Crippen molar-refractivity contribution < 1.29 is 27.9 Å². The number of carboxylic acid groups (broad SMARTS) is 1. The van der Waals surface area contributed by atoms with Crippen LogP contribution in [0.3, 0.4) is 0 Å². The highest BCUT2D eigenvalue weighted by molar-refractivity contribution is 7.91. The van der Waals surface area contributed by atoms with Crippen molar-refractivity contribution in [1.29, 1.82) is 0 Å². The SMILES string of the molecule is CCC(CC)(c1ccc(OCC(=O)C(C)(C)C)c(C)c1)c1cc(C)c(S(=O)(=O)NCC(=O)O)s1. The number of aryl methyl sites for hydroxylation is 2. The van der Waals surface area contributed by atoms with Gasteiger partial charge >= 0.3 is 5.97 Å². The Bertz CT molecular complexity index is 1150. The van der Waals surface area contributed by atoms with Gasteiger partial charge in [-0.2, -0.15) is 4.72 Å². The molecule has 188 valence electrons. The second kappa shape index (κ2) is 10.6. The number of carbonyl (C=O) groups excluding carboxylic acids is 1. The van der Waals surface area contributed by atoms with Gasteiger partial charge in [0.15, 0.2) is 5.78 Å². The van der Waals surface area contributed by atoms with Crippen molar-refractivity contribution in [3.63, 3.8) is 0 Å². The quantitative estimate of drug-likeness (QED) is 0.449. The molecule has 1 heterocycles. The average Bonchev–Trinajstić information content (AvgIpc) is 3.15. The summed E-state index contributed by atoms with van der Waals surface area (Å²) in [7, 11) is -3.93. The van der Waals surface area contributed by atoms with E-state index in [-0.39, 0.29) is 16.6 Å². The topological polar surface area (TPSA) is 110 Å². The van der Waals surface area contributed by atoms with E-state index in [2.05, 4.69) is 18.6 Å². The molecule has 0 bridgehead atoms. The van der Waals surface area contributed by atoms with E-state index >= 15 is 0 Å². The maximum absolute atomic E-state index is 12.7. The van der Waals surface area contributed by atoms with E-state index in [1.54, 1.807) is 6.92 Å². The van der Waals surface area contributed by atoms with Crippen LogP contribution < -0.4 is 9.46 Å². The lowest BCUT2D eigenvalue weighted by Crippen LogP contribution is -2.29. The van der Waals surface area contributed by atoms with Crippen LogP contribution in [0.5, 0.6) is 5.75 Å². The van der Waals surface area contributed by atoms with Gasteiger partial charge in [0, 0.05) is 15.7 Å². The summed E-state index contributed by atoms with van der Waals surface area (Å²) >= 11 is 1.18. The molecule has 34 heavy (non-hydrogen) atoms. The Morgan fingerprint density at radius 2 is 1.68 bits per heavy atom. The molecule has 0 saturated carbocycles. The number of aliphatic carboxylic acids is 1. The first-order valence-electron chi connectivity index (χ1n) is 11.3. The third-order valence-electron chi connectivity index (χ3n) is 6.13. The summed E-state index contributed by atoms with van der Waals surface area (Å²) in [4.78, 5) is 24.0. The Balaban J connectivity index is 2.43. The fourth-order valence-corrected chi connectivity index (χ4v) is 6.88. The first-order valence-corrected chi connectivity index (χ1v) is 13.6. The highest BCUT2D eigenvalue weighted by Gasteiger charge is 2.35. The Kier molecular flexibility index (Phi) is 8.72. The maximum atomic E-state index is 12.7. The van der Waals surface area contributed by atoms with E-state index in [1.807, 2.05) is 52.0 Å². The van der Waals surface area contributed by atoms with Crippen molar-refractivity contribution in [3.8, 4) is 5.75 Å². The van der Waals surface area contributed by atoms with E-state index in [4.69, 9.17) is 9.84 Å². The Morgan fingerprint density at radius 3 is 2.18 bits per heavy atom. The first kappa shape index (κ1) is 28.0. The molecule has 0 atom stereocenters. The monoisotopic (exact) mass is 509 g/mol. The zero-order valence-electron chi connectivity index (χ0n) is 20.9. The van der Waals surface area contributed by atoms with Crippen LogP contribution in [0.4, 0.5) is 0 Å². The predicted octanol–water partition coefficient (Wildman–Crippen LogP) is 4.83. The minimum absolute atomic E-state index is 0.00503. The molecule has 0 radical (unpaired) electrons. The zero-order chi connectivity index (χ0) is 25.9. The summed E-state index contributed by atoms with van der Waals surface area (Å²) in [5.41, 5.74) is 1.63. The number of ketones is 1. The molecule has 7 nitrogen and oxygen atoms in total. The maximum Gasteiger partial charge on any atom is 0.318 e. The van der Waals surface area contributed by atoms with Gasteiger partial charge in [-0.15, -0.1) is 11.3 Å². The number of Topliss-reactive ketones (excluding diaryl/α,β-unsaturated/α-hetero) is 1. The molecule has 1 aromatic carbocycles. The van der Waals surface area contributed by atoms with Crippen LogP contribution in [0, 0.1) is 19.3 Å². The van der Waals surface area contributed by atoms with Gasteiger partial charge in [-0.1, -0.05) is 46.8 Å². The number of hydrogen-bond acceptors (Lipinski definition) is 6. The van der Waals surface area contributed by atoms with E-state index < -0.39 is 33.4 Å². The van der Waals surface area contributed by atoms with E-state index in [9.17, 15) is 18.0 Å². The second-order valence-corrected chi connectivity index (χ2v) is 12.5. The number of ether oxygens (including phenoxy) is 1. The molecule has 9 heteroatoms. The lowest BCUT2D eigenvalue weighted by Gasteiger charge is -2.32. The summed E-state index contributed by atoms with van der Waals surface area (Å²) in [6.07, 6.45) is 1.49. The number of thiophene rings is 1. The van der Waals surface area contributed by atoms with Crippen LogP contribution in [0.15, 0.2) is 28.5 Å². The molecule has 0 spiro atoms. The molecule has 0 fully saturated rings. The average molecular weight is 510 g/mol. The molecule has 0 aliphatic rings. The molecule has 0 aliphatic carbocycles. The molecule has 0 unspecified atom stereocenters. The number of carbonyl (C=O) groups is 2. The summed E-state index contributed by atoms with van der Waals surface area (Å²) in [5.74, 6) is -0.575. The van der Waals surface area contributed by atoms with Crippen LogP contribution in [0.1, 0.15) is 69.0 Å². The largest absolute Gasteiger partial charge is 0.486 e. The third-order valence-corrected chi connectivity index (χ3v) is 9.61. The van der Waals surface area contributed by atoms with Crippen molar-refractivity contribution in [2.24, 2.45) is 5.41 Å². The Labute approximate surface area is 206 Å². The fraction of sp³-hybridized carbons (Fsp3) is 0.520. The number of benzene rings is 1. The Hall–Kier alpha value is -2.23. The highest BCUT2D eigenvalue weighted by Crippen LogP contribution is 2.45. The normalized spacial score (nSPS) is 12.6. The minimum Gasteiger partial charge on any atom is -0.486 e. The molecule has 0 saturated heterocycles. The summed E-state index contributed by atoms with van der Waals surface area (Å²) in [5, 5.41) is 8.86. The second-order valence-electron chi connectivity index (χ2n) is 9.53. The number of rotatable bonds is 11. The highest BCUT2D eigenvalue weighted by atomic mass is 32.2. The standard InChI is InChI=1S/C25H35NO6S2/c1-8-25(9-2,21-13-17(4)23(33-21)34(30,31)26-14-22(28)29)18-10-11-19(16(3)12-18)32-15-20(27)24(5,6)7/h10-13,26H,8-9,14-15H2,1-7H3,(H,28,29). The molecule has 0 amide bonds. The number of nitrogens with one attached hydrogen (secondary N) is 1. The van der Waals surface area contributed by atoms with E-state index in [1.165, 1.54) is 11.3 Å². The van der Waals surface area contributed by atoms with E-state index in [0.29, 0.717) is 11.3 Å². The van der Waals surface area contributed by atoms with Crippen molar-refractivity contribution in [2.45, 2.75) is 70.9 Å². The smallest absolute Gasteiger partial charge is 0.318 e. The van der Waals surface area contributed by atoms with Gasteiger partial charge in [0.1, 0.15) is 23.1 Å². The number of sulfonamides is 1. The van der Waals surface area contributed by atoms with Crippen LogP contribution in [-0.4, -0.2) is 38.4 Å². The molecule has 0 aliphatic heterocycles. The lowest BCUT2D eigenvalue weighted by atomic mass is 9.74. The summed E-state index contributed by atoms with van der Waals surface area (Å²) < 4.78 is 33.5. The van der Waals surface area contributed by atoms with Crippen molar-refractivity contribution in [2.75, 3.05) is 13.2 Å². The van der Waals surface area contributed by atoms with Gasteiger partial charge in [-0.05, 0) is 55.5 Å². The molecular formula is C25H35NO6S2. The van der Waals surface area contributed by atoms with Crippen LogP contribution in [-0.2, 0) is 25.0 Å². The Morgan fingerprint density at radius 1 is 1.06 bits per heavy atom. The van der Waals surface area contributed by atoms with Crippen molar-refractivity contribution in [3.05, 3.63) is 45.8 Å². The van der Waals surface area contributed by atoms with Crippen LogP contribution in [0.25, 0.3) is 0 Å². The fourth-order valence-electron chi connectivity index (χ4n) is 3.81. The predicted molar refractivity (Wildman–Crippen MR) is 134 cm³/mol. The van der Waals surface area contributed by atoms with E-state index in [0.717, 1.165) is 28.8 Å². The first-order chi connectivity index (χ1) is 15.7. The van der Waals surface area contributed by atoms with Crippen molar-refractivity contribution in [1.82, 2.24) is 4.72 Å². The van der Waals surface area contributed by atoms with Gasteiger partial charge in [0.2, 0.25) is 0 Å². The lowest BCUT2D eigenvalue weighted by molar-refractivity contribution is -0.135. The summed E-state index contributed by atoms with van der Waals surface area (Å²) in [6, 6.07) is 7.76. The van der Waals surface area contributed by atoms with Crippen molar-refractivity contribution >= 4 is 33.1 Å². The minimum atomic E-state index is -3.93. The molecule has 2 rings (SSSR count). The van der Waals surface area contributed by atoms with Crippen LogP contribution in [0.2, 0.25) is 0 Å². The van der Waals surface area contributed by atoms with Gasteiger partial charge in [-0.25, -0.2) is 8.42 Å². The molecular weight excluding hydrogens is 474 g/mol. The van der Waals surface area contributed by atoms with Crippen LogP contribution >= 0.6 is 11.3 Å². The summed E-state index contributed by atoms with van der Waals surface area (Å²) in [6.45, 7) is 12.7. The van der Waals surface area contributed by atoms with Gasteiger partial charge < -0.3 is 9.84 Å². The van der Waals surface area contributed by atoms with Gasteiger partial charge in [-0.3, -0.25) is 9.59 Å². The number of hydrogen-bond donors (Lipinski definition) is 2. The van der Waals surface area contributed by atoms with Gasteiger partial charge in [0.25, 0.3) is 10.0 Å². The molecule has 1 aromatic heterocycles. The third kappa shape index (κ3) is 6.06. The number of carboxylic acids is 1. The molecule has 2 N–H and O–H groups in total.